The molecule has 0 bridgehead atoms. The smallest absolute Gasteiger partial charge is 0.298 e. The first-order chi connectivity index (χ1) is 11.3. The summed E-state index contributed by atoms with van der Waals surface area (Å²) in [5, 5.41) is 3.01. The monoisotopic (exact) mass is 351 g/mol. The molecule has 0 radical (unpaired) electrons. The minimum Gasteiger partial charge on any atom is -0.298 e. The van der Waals surface area contributed by atoms with E-state index in [4.69, 9.17) is 0 Å². The fraction of sp³-hybridized carbons (Fsp3) is 0.188. The molecule has 0 saturated heterocycles. The lowest BCUT2D eigenvalue weighted by molar-refractivity contribution is -0.141. The van der Waals surface area contributed by atoms with Crippen molar-refractivity contribution in [2.24, 2.45) is 0 Å². The largest absolute Gasteiger partial charge is 0.433 e. The number of fused-ring (bicyclic) bond motifs is 1. The zero-order valence-corrected chi connectivity index (χ0v) is 13.5. The maximum Gasteiger partial charge on any atom is 0.433 e. The van der Waals surface area contributed by atoms with Crippen LogP contribution in [0, 0.1) is 13.8 Å². The minimum absolute atomic E-state index is 0.0135. The molecule has 0 aliphatic rings. The van der Waals surface area contributed by atoms with Crippen molar-refractivity contribution in [3.8, 4) is 0 Å². The fourth-order valence-corrected chi connectivity index (χ4v) is 3.20. The molecule has 8 heteroatoms. The zero-order chi connectivity index (χ0) is 17.5. The Morgan fingerprint density at radius 3 is 2.50 bits per heavy atom. The van der Waals surface area contributed by atoms with Gasteiger partial charge in [-0.15, -0.1) is 0 Å². The summed E-state index contributed by atoms with van der Waals surface area (Å²) in [6.45, 7) is 3.28. The molecule has 0 unspecified atom stereocenters. The molecule has 3 rings (SSSR count). The maximum absolute atomic E-state index is 12.6. The second kappa shape index (κ2) is 5.86. The van der Waals surface area contributed by atoms with Crippen LogP contribution in [0.15, 0.2) is 30.3 Å². The van der Waals surface area contributed by atoms with Crippen LogP contribution in [0.25, 0.3) is 10.2 Å². The molecule has 0 aliphatic heterocycles. The lowest BCUT2D eigenvalue weighted by Gasteiger charge is -2.09. The molecule has 3 aromatic rings. The van der Waals surface area contributed by atoms with Gasteiger partial charge >= 0.3 is 6.18 Å². The van der Waals surface area contributed by atoms with Gasteiger partial charge in [-0.2, -0.15) is 13.2 Å². The van der Waals surface area contributed by atoms with Gasteiger partial charge in [-0.05, 0) is 37.6 Å². The summed E-state index contributed by atoms with van der Waals surface area (Å²) >= 11 is 1.30. The van der Waals surface area contributed by atoms with Crippen LogP contribution in [0.1, 0.15) is 27.3 Å². The summed E-state index contributed by atoms with van der Waals surface area (Å²) in [5.74, 6) is -0.537. The van der Waals surface area contributed by atoms with Gasteiger partial charge in [-0.1, -0.05) is 23.5 Å². The highest BCUT2D eigenvalue weighted by atomic mass is 32.1. The van der Waals surface area contributed by atoms with Gasteiger partial charge in [0.1, 0.15) is 5.69 Å². The maximum atomic E-state index is 12.6. The molecule has 0 atom stereocenters. The fourth-order valence-electron chi connectivity index (χ4n) is 2.26. The lowest BCUT2D eigenvalue weighted by atomic mass is 10.1. The molecule has 1 amide bonds. The summed E-state index contributed by atoms with van der Waals surface area (Å²) < 4.78 is 38.8. The summed E-state index contributed by atoms with van der Waals surface area (Å²) in [5.41, 5.74) is 0.849. The van der Waals surface area contributed by atoms with Crippen molar-refractivity contribution >= 4 is 32.6 Å². The topological polar surface area (TPSA) is 54.9 Å². The van der Waals surface area contributed by atoms with Crippen molar-refractivity contribution in [1.82, 2.24) is 9.97 Å². The molecule has 0 aliphatic carbocycles. The highest BCUT2D eigenvalue weighted by Crippen LogP contribution is 2.30. The van der Waals surface area contributed by atoms with E-state index >= 15 is 0 Å². The van der Waals surface area contributed by atoms with Gasteiger partial charge in [0.15, 0.2) is 5.13 Å². The number of amides is 1. The summed E-state index contributed by atoms with van der Waals surface area (Å²) in [4.78, 5) is 20.1. The number of anilines is 1. The molecule has 0 spiro atoms. The Hall–Kier alpha value is -2.48. The predicted molar refractivity (Wildman–Crippen MR) is 86.3 cm³/mol. The number of aryl methyl sites for hydroxylation is 2. The number of nitrogens with one attached hydrogen (secondary N) is 1. The van der Waals surface area contributed by atoms with E-state index in [-0.39, 0.29) is 11.3 Å². The molecule has 0 fully saturated rings. The van der Waals surface area contributed by atoms with E-state index in [1.165, 1.54) is 18.3 Å². The quantitative estimate of drug-likeness (QED) is 0.735. The van der Waals surface area contributed by atoms with E-state index in [1.54, 1.807) is 0 Å². The number of hydrogen-bond acceptors (Lipinski definition) is 4. The standard InChI is InChI=1S/C16H12F3N3OS/c1-8-4-3-5-11-13(8)21-15(24-11)22-14(23)10-6-7-12(16(17,18)19)20-9(10)2/h3-7H,1-2H3,(H,21,22,23). The highest BCUT2D eigenvalue weighted by molar-refractivity contribution is 7.22. The van der Waals surface area contributed by atoms with Crippen LogP contribution in [0.5, 0.6) is 0 Å². The van der Waals surface area contributed by atoms with Crippen molar-refractivity contribution < 1.29 is 18.0 Å². The summed E-state index contributed by atoms with van der Waals surface area (Å²) in [7, 11) is 0. The molecule has 2 heterocycles. The Balaban J connectivity index is 1.87. The van der Waals surface area contributed by atoms with Gasteiger partial charge in [0.05, 0.1) is 21.5 Å². The van der Waals surface area contributed by atoms with Crippen LogP contribution in [0.4, 0.5) is 18.3 Å². The van der Waals surface area contributed by atoms with Gasteiger partial charge in [-0.3, -0.25) is 10.1 Å². The average Bonchev–Trinajstić information content (AvgIpc) is 2.90. The first kappa shape index (κ1) is 16.4. The van der Waals surface area contributed by atoms with E-state index in [0.717, 1.165) is 27.9 Å². The molecule has 0 saturated carbocycles. The predicted octanol–water partition coefficient (Wildman–Crippen LogP) is 4.58. The van der Waals surface area contributed by atoms with Crippen LogP contribution >= 0.6 is 11.3 Å². The van der Waals surface area contributed by atoms with E-state index in [1.807, 2.05) is 25.1 Å². The van der Waals surface area contributed by atoms with Crippen molar-refractivity contribution in [1.29, 1.82) is 0 Å². The second-order valence-corrected chi connectivity index (χ2v) is 6.25. The third-order valence-electron chi connectivity index (χ3n) is 3.46. The Labute approximate surface area is 139 Å². The molecule has 1 aromatic carbocycles. The number of rotatable bonds is 2. The Kier molecular flexibility index (Phi) is 4.00. The molecule has 24 heavy (non-hydrogen) atoms. The first-order valence-electron chi connectivity index (χ1n) is 6.98. The van der Waals surface area contributed by atoms with Gasteiger partial charge in [0, 0.05) is 0 Å². The number of alkyl halides is 3. The number of carbonyl (C=O) groups excluding carboxylic acids is 1. The van der Waals surface area contributed by atoms with Crippen molar-refractivity contribution in [2.75, 3.05) is 5.32 Å². The SMILES string of the molecule is Cc1nc(C(F)(F)F)ccc1C(=O)Nc1nc2c(C)cccc2s1. The van der Waals surface area contributed by atoms with E-state index in [0.29, 0.717) is 5.13 Å². The van der Waals surface area contributed by atoms with Crippen LogP contribution in [0.2, 0.25) is 0 Å². The number of hydrogen-bond donors (Lipinski definition) is 1. The van der Waals surface area contributed by atoms with Gasteiger partial charge in [0.25, 0.3) is 5.91 Å². The van der Waals surface area contributed by atoms with Gasteiger partial charge in [0.2, 0.25) is 0 Å². The molecular weight excluding hydrogens is 339 g/mol. The number of halogens is 3. The Morgan fingerprint density at radius 2 is 1.88 bits per heavy atom. The highest BCUT2D eigenvalue weighted by Gasteiger charge is 2.33. The Morgan fingerprint density at radius 1 is 1.12 bits per heavy atom. The summed E-state index contributed by atoms with van der Waals surface area (Å²) in [6, 6.07) is 7.62. The van der Waals surface area contributed by atoms with Gasteiger partial charge < -0.3 is 0 Å². The zero-order valence-electron chi connectivity index (χ0n) is 12.7. The second-order valence-electron chi connectivity index (χ2n) is 5.22. The van der Waals surface area contributed by atoms with Crippen molar-refractivity contribution in [3.05, 3.63) is 52.8 Å². The first-order valence-corrected chi connectivity index (χ1v) is 7.79. The third-order valence-corrected chi connectivity index (χ3v) is 4.40. The van der Waals surface area contributed by atoms with Crippen LogP contribution in [-0.2, 0) is 6.18 Å². The number of benzene rings is 1. The van der Waals surface area contributed by atoms with Crippen LogP contribution in [-0.4, -0.2) is 15.9 Å². The minimum atomic E-state index is -4.54. The Bertz CT molecular complexity index is 934. The van der Waals surface area contributed by atoms with E-state index in [9.17, 15) is 18.0 Å². The number of para-hydroxylation sites is 1. The van der Waals surface area contributed by atoms with Crippen molar-refractivity contribution in [3.63, 3.8) is 0 Å². The number of thiazole rings is 1. The number of nitrogens with zero attached hydrogens (tertiary/aromatic N) is 2. The van der Waals surface area contributed by atoms with Crippen LogP contribution < -0.4 is 5.32 Å². The van der Waals surface area contributed by atoms with Crippen molar-refractivity contribution in [2.45, 2.75) is 20.0 Å². The van der Waals surface area contributed by atoms with E-state index in [2.05, 4.69) is 15.3 Å². The van der Waals surface area contributed by atoms with Crippen LogP contribution in [0.3, 0.4) is 0 Å². The normalized spacial score (nSPS) is 11.7. The molecule has 4 nitrogen and oxygen atoms in total. The van der Waals surface area contributed by atoms with Gasteiger partial charge in [-0.25, -0.2) is 9.97 Å². The molecule has 2 aromatic heterocycles. The number of pyridine rings is 1. The average molecular weight is 351 g/mol. The van der Waals surface area contributed by atoms with E-state index < -0.39 is 17.8 Å². The lowest BCUT2D eigenvalue weighted by Crippen LogP contribution is -2.16. The summed E-state index contributed by atoms with van der Waals surface area (Å²) in [6.07, 6.45) is -4.54. The number of carbonyl (C=O) groups is 1. The molecular formula is C16H12F3N3OS. The number of aromatic nitrogens is 2. The third kappa shape index (κ3) is 3.09. The molecule has 124 valence electrons. The molecule has 1 N–H and O–H groups in total.